The van der Waals surface area contributed by atoms with Crippen molar-refractivity contribution in [1.29, 1.82) is 0 Å². The first-order valence-corrected chi connectivity index (χ1v) is 8.48. The van der Waals surface area contributed by atoms with Gasteiger partial charge in [0, 0.05) is 18.7 Å². The van der Waals surface area contributed by atoms with Crippen LogP contribution in [0.25, 0.3) is 0 Å². The lowest BCUT2D eigenvalue weighted by Crippen LogP contribution is -2.32. The minimum absolute atomic E-state index is 0.0779. The van der Waals surface area contributed by atoms with Gasteiger partial charge in [0.1, 0.15) is 0 Å². The average molecular weight is 305 g/mol. The van der Waals surface area contributed by atoms with Gasteiger partial charge >= 0.3 is 0 Å². The number of hydrogen-bond donors (Lipinski definition) is 2. The number of benzene rings is 1. The Hall–Kier alpha value is -1.35. The quantitative estimate of drug-likeness (QED) is 0.868. The Kier molecular flexibility index (Phi) is 7.60. The molecule has 22 heavy (non-hydrogen) atoms. The highest BCUT2D eigenvalue weighted by atomic mass is 16.2. The fourth-order valence-electron chi connectivity index (χ4n) is 2.61. The number of carbonyl (C=O) groups is 1. The van der Waals surface area contributed by atoms with Crippen molar-refractivity contribution in [3.63, 3.8) is 0 Å². The monoisotopic (exact) mass is 305 g/mol. The molecule has 1 aliphatic heterocycles. The van der Waals surface area contributed by atoms with Crippen LogP contribution >= 0.6 is 0 Å². The molecule has 0 unspecified atom stereocenters. The van der Waals surface area contributed by atoms with Crippen LogP contribution in [0.2, 0.25) is 0 Å². The topological polar surface area (TPSA) is 49.3 Å². The predicted molar refractivity (Wildman–Crippen MR) is 92.4 cm³/mol. The second-order valence-electron chi connectivity index (χ2n) is 6.59. The van der Waals surface area contributed by atoms with E-state index in [9.17, 15) is 4.79 Å². The van der Waals surface area contributed by atoms with Crippen molar-refractivity contribution in [3.05, 3.63) is 34.9 Å². The van der Waals surface area contributed by atoms with Gasteiger partial charge < -0.3 is 10.4 Å². The maximum Gasteiger partial charge on any atom is 0.251 e. The van der Waals surface area contributed by atoms with E-state index >= 15 is 0 Å². The van der Waals surface area contributed by atoms with Crippen LogP contribution < -0.4 is 5.32 Å². The van der Waals surface area contributed by atoms with Crippen molar-refractivity contribution in [1.82, 2.24) is 5.32 Å². The van der Waals surface area contributed by atoms with E-state index in [0.717, 1.165) is 24.9 Å². The van der Waals surface area contributed by atoms with Gasteiger partial charge in [0.05, 0.1) is 0 Å². The molecule has 0 radical (unpaired) electrons. The summed E-state index contributed by atoms with van der Waals surface area (Å²) in [6.45, 7) is 9.85. The molecule has 2 rings (SSSR count). The Morgan fingerprint density at radius 1 is 1.23 bits per heavy atom. The number of amides is 1. The number of nitrogens with one attached hydrogen (secondary N) is 1. The smallest absolute Gasteiger partial charge is 0.251 e. The molecule has 1 aliphatic rings. The molecule has 0 aromatic heterocycles. The van der Waals surface area contributed by atoms with Crippen LogP contribution in [0.3, 0.4) is 0 Å². The van der Waals surface area contributed by atoms with E-state index in [-0.39, 0.29) is 11.3 Å². The summed E-state index contributed by atoms with van der Waals surface area (Å²) in [5.41, 5.74) is 3.64. The minimum atomic E-state index is 0.0779. The molecule has 0 bridgehead atoms. The van der Waals surface area contributed by atoms with Crippen molar-refractivity contribution in [2.75, 3.05) is 13.2 Å². The van der Waals surface area contributed by atoms with E-state index in [1.807, 2.05) is 13.0 Å². The Balaban J connectivity index is 0.000000541. The first-order chi connectivity index (χ1) is 10.5. The molecule has 2 N–H and O–H groups in total. The Morgan fingerprint density at radius 3 is 2.50 bits per heavy atom. The average Bonchev–Trinajstić information content (AvgIpc) is 2.53. The van der Waals surface area contributed by atoms with Crippen LogP contribution in [0, 0.1) is 0 Å². The molecular formula is C19H31NO2. The zero-order chi connectivity index (χ0) is 16.6. The van der Waals surface area contributed by atoms with Crippen LogP contribution in [-0.2, 0) is 11.8 Å². The number of carbonyl (C=O) groups excluding carboxylic acids is 1. The Bertz CT molecular complexity index is 478. The van der Waals surface area contributed by atoms with E-state index in [1.165, 1.54) is 30.4 Å². The van der Waals surface area contributed by atoms with Gasteiger partial charge in [-0.2, -0.15) is 0 Å². The van der Waals surface area contributed by atoms with Gasteiger partial charge in [0.2, 0.25) is 0 Å². The summed E-state index contributed by atoms with van der Waals surface area (Å²) in [7, 11) is 0. The number of aliphatic hydroxyl groups excluding tert-OH is 1. The predicted octanol–water partition coefficient (Wildman–Crippen LogP) is 3.83. The van der Waals surface area contributed by atoms with E-state index in [4.69, 9.17) is 5.11 Å². The molecule has 1 amide bonds. The highest BCUT2D eigenvalue weighted by Crippen LogP contribution is 2.31. The molecule has 1 aromatic rings. The van der Waals surface area contributed by atoms with Crippen LogP contribution in [0.4, 0.5) is 0 Å². The maximum absolute atomic E-state index is 11.7. The number of rotatable bonds is 5. The lowest BCUT2D eigenvalue weighted by atomic mass is 9.78. The molecule has 0 aliphatic carbocycles. The second-order valence-corrected chi connectivity index (χ2v) is 6.59. The van der Waals surface area contributed by atoms with Gasteiger partial charge in [-0.05, 0) is 41.9 Å². The van der Waals surface area contributed by atoms with Crippen molar-refractivity contribution in [2.45, 2.75) is 65.2 Å². The summed E-state index contributed by atoms with van der Waals surface area (Å²) < 4.78 is 0. The third kappa shape index (κ3) is 5.13. The normalized spacial score (nSPS) is 13.8. The zero-order valence-electron chi connectivity index (χ0n) is 14.5. The second kappa shape index (κ2) is 8.94. The largest absolute Gasteiger partial charge is 0.396 e. The fourth-order valence-corrected chi connectivity index (χ4v) is 2.61. The lowest BCUT2D eigenvalue weighted by molar-refractivity contribution is 0.0946. The summed E-state index contributed by atoms with van der Waals surface area (Å²) in [6.07, 6.45) is 5.52. The van der Waals surface area contributed by atoms with E-state index in [2.05, 4.69) is 38.2 Å². The van der Waals surface area contributed by atoms with Crippen LogP contribution in [0.1, 0.15) is 74.9 Å². The first-order valence-electron chi connectivity index (χ1n) is 8.48. The molecule has 0 saturated heterocycles. The summed E-state index contributed by atoms with van der Waals surface area (Å²) in [5, 5.41) is 10.8. The molecule has 3 heteroatoms. The third-order valence-electron chi connectivity index (χ3n) is 4.19. The number of aliphatic hydroxyl groups is 1. The molecule has 0 saturated carbocycles. The SMILES string of the molecule is CCCCC(C)(C)c1ccc2c(c1)CCNC2=O.CCCO. The molecule has 124 valence electrons. The van der Waals surface area contributed by atoms with Crippen LogP contribution in [0.15, 0.2) is 18.2 Å². The third-order valence-corrected chi connectivity index (χ3v) is 4.19. The van der Waals surface area contributed by atoms with Gasteiger partial charge in [-0.25, -0.2) is 0 Å². The van der Waals surface area contributed by atoms with Crippen molar-refractivity contribution < 1.29 is 9.90 Å². The van der Waals surface area contributed by atoms with Gasteiger partial charge in [0.25, 0.3) is 5.91 Å². The summed E-state index contributed by atoms with van der Waals surface area (Å²) in [6, 6.07) is 6.36. The zero-order valence-corrected chi connectivity index (χ0v) is 14.5. The number of fused-ring (bicyclic) bond motifs is 1. The van der Waals surface area contributed by atoms with Crippen molar-refractivity contribution in [3.8, 4) is 0 Å². The van der Waals surface area contributed by atoms with E-state index in [0.29, 0.717) is 6.61 Å². The highest BCUT2D eigenvalue weighted by Gasteiger charge is 2.23. The molecule has 1 heterocycles. The first kappa shape index (κ1) is 18.7. The van der Waals surface area contributed by atoms with Crippen molar-refractivity contribution >= 4 is 5.91 Å². The Labute approximate surface area is 135 Å². The summed E-state index contributed by atoms with van der Waals surface area (Å²) >= 11 is 0. The van der Waals surface area contributed by atoms with Gasteiger partial charge in [0.15, 0.2) is 0 Å². The molecule has 0 fully saturated rings. The van der Waals surface area contributed by atoms with Gasteiger partial charge in [-0.15, -0.1) is 0 Å². The molecule has 0 spiro atoms. The lowest BCUT2D eigenvalue weighted by Gasteiger charge is -2.27. The molecule has 3 nitrogen and oxygen atoms in total. The number of hydrogen-bond acceptors (Lipinski definition) is 2. The molecular weight excluding hydrogens is 274 g/mol. The van der Waals surface area contributed by atoms with Crippen LogP contribution in [0.5, 0.6) is 0 Å². The maximum atomic E-state index is 11.7. The fraction of sp³-hybridized carbons (Fsp3) is 0.632. The minimum Gasteiger partial charge on any atom is -0.396 e. The molecule has 0 atom stereocenters. The van der Waals surface area contributed by atoms with Crippen LogP contribution in [-0.4, -0.2) is 24.2 Å². The standard InChI is InChI=1S/C16H23NO.C3H8O/c1-4-5-9-16(2,3)13-6-7-14-12(11-13)8-10-17-15(14)18;1-2-3-4/h6-7,11H,4-5,8-10H2,1-3H3,(H,17,18);4H,2-3H2,1H3. The van der Waals surface area contributed by atoms with Crippen molar-refractivity contribution in [2.24, 2.45) is 0 Å². The number of unbranched alkanes of at least 4 members (excludes halogenated alkanes) is 1. The van der Waals surface area contributed by atoms with Gasteiger partial charge in [-0.1, -0.05) is 52.7 Å². The van der Waals surface area contributed by atoms with E-state index in [1.54, 1.807) is 0 Å². The Morgan fingerprint density at radius 2 is 1.91 bits per heavy atom. The summed E-state index contributed by atoms with van der Waals surface area (Å²) in [4.78, 5) is 11.7. The highest BCUT2D eigenvalue weighted by molar-refractivity contribution is 5.96. The van der Waals surface area contributed by atoms with E-state index < -0.39 is 0 Å². The summed E-state index contributed by atoms with van der Waals surface area (Å²) in [5.74, 6) is 0.0779. The molecule has 1 aromatic carbocycles. The van der Waals surface area contributed by atoms with Gasteiger partial charge in [-0.3, -0.25) is 4.79 Å².